The van der Waals surface area contributed by atoms with Crippen LogP contribution in [0, 0.1) is 0 Å². The van der Waals surface area contributed by atoms with Gasteiger partial charge in [-0.1, -0.05) is 107 Å². The minimum absolute atomic E-state index is 0.163. The molecule has 0 unspecified atom stereocenters. The summed E-state index contributed by atoms with van der Waals surface area (Å²) in [5.74, 6) is -0.203. The van der Waals surface area contributed by atoms with E-state index in [4.69, 9.17) is 19.6 Å². The molecule has 0 radical (unpaired) electrons. The Morgan fingerprint density at radius 1 is 1.05 bits per heavy atom. The van der Waals surface area contributed by atoms with Crippen molar-refractivity contribution in [2.24, 2.45) is 0 Å². The van der Waals surface area contributed by atoms with Gasteiger partial charge in [-0.2, -0.15) is 4.98 Å². The summed E-state index contributed by atoms with van der Waals surface area (Å²) in [7, 11) is -4.32. The first-order valence-electron chi connectivity index (χ1n) is 15.1. The van der Waals surface area contributed by atoms with Gasteiger partial charge in [-0.3, -0.25) is 9.36 Å². The average Bonchev–Trinajstić information content (AvgIpc) is 3.55. The van der Waals surface area contributed by atoms with Crippen molar-refractivity contribution in [3.8, 4) is 0 Å². The van der Waals surface area contributed by atoms with Crippen LogP contribution in [0.4, 0.5) is 5.95 Å². The number of carbonyl (C=O) groups excluding carboxylic acids is 1. The number of hydrogen-bond acceptors (Lipinski definition) is 8. The van der Waals surface area contributed by atoms with Gasteiger partial charge in [-0.25, -0.2) is 9.97 Å². The molecule has 2 aromatic heterocycles. The van der Waals surface area contributed by atoms with Crippen LogP contribution in [0.15, 0.2) is 72.7 Å². The van der Waals surface area contributed by atoms with Gasteiger partial charge in [0.05, 0.1) is 26.7 Å². The van der Waals surface area contributed by atoms with Crippen LogP contribution in [0.1, 0.15) is 46.0 Å². The molecule has 1 aliphatic heterocycles. The summed E-state index contributed by atoms with van der Waals surface area (Å²) < 4.78 is 21.5. The van der Waals surface area contributed by atoms with Gasteiger partial charge >= 0.3 is 5.97 Å². The molecule has 0 spiro atoms. The number of anilines is 1. The number of carbonyl (C=O) groups is 1. The maximum absolute atomic E-state index is 12.2. The zero-order valence-corrected chi connectivity index (χ0v) is 28.7. The minimum atomic E-state index is -2.84. The number of nitrogens with zero attached hydrogens (tertiary/aromatic N) is 4. The fourth-order valence-electron chi connectivity index (χ4n) is 5.94. The molecule has 0 amide bonds. The van der Waals surface area contributed by atoms with Gasteiger partial charge in [0.25, 0.3) is 8.32 Å². The molecule has 3 heterocycles. The zero-order chi connectivity index (χ0) is 31.7. The van der Waals surface area contributed by atoms with Crippen molar-refractivity contribution in [3.63, 3.8) is 0 Å². The molecular weight excluding hydrogens is 587 g/mol. The lowest BCUT2D eigenvalue weighted by molar-refractivity contribution is -0.150. The predicted octanol–water partition coefficient (Wildman–Crippen LogP) is 5.09. The normalized spacial score (nSPS) is 19.6. The van der Waals surface area contributed by atoms with E-state index in [0.717, 1.165) is 0 Å². The lowest BCUT2D eigenvalue weighted by Crippen LogP contribution is -2.67. The van der Waals surface area contributed by atoms with Crippen molar-refractivity contribution in [2.45, 2.75) is 77.2 Å². The third-order valence-electron chi connectivity index (χ3n) is 7.90. The molecule has 9 nitrogen and oxygen atoms in total. The molecule has 2 aromatic carbocycles. The van der Waals surface area contributed by atoms with Crippen molar-refractivity contribution in [1.82, 2.24) is 19.5 Å². The fourth-order valence-corrected chi connectivity index (χ4v) is 11.2. The number of fused-ring (bicyclic) bond motifs is 1. The number of nitrogen functional groups attached to an aromatic ring is 1. The van der Waals surface area contributed by atoms with E-state index in [9.17, 15) is 4.79 Å². The first-order valence-corrected chi connectivity index (χ1v) is 20.5. The van der Waals surface area contributed by atoms with E-state index in [1.807, 2.05) is 22.8 Å². The number of benzene rings is 2. The van der Waals surface area contributed by atoms with Gasteiger partial charge in [-0.15, -0.1) is 0 Å². The van der Waals surface area contributed by atoms with Crippen molar-refractivity contribution < 1.29 is 18.7 Å². The highest BCUT2D eigenvalue weighted by Crippen LogP contribution is 2.39. The van der Waals surface area contributed by atoms with E-state index in [2.05, 4.69) is 110 Å². The number of nitrogens with two attached hydrogens (primary N) is 1. The van der Waals surface area contributed by atoms with Gasteiger partial charge in [-0.05, 0) is 21.5 Å². The Morgan fingerprint density at radius 2 is 1.66 bits per heavy atom. The first kappa shape index (κ1) is 31.8. The molecular formula is C33H43N5O4Si2. The Morgan fingerprint density at radius 3 is 2.20 bits per heavy atom. The van der Waals surface area contributed by atoms with Crippen LogP contribution in [-0.2, 0) is 18.7 Å². The Kier molecular flexibility index (Phi) is 8.95. The maximum Gasteiger partial charge on any atom is 0.302 e. The van der Waals surface area contributed by atoms with E-state index >= 15 is 0 Å². The van der Waals surface area contributed by atoms with Gasteiger partial charge in [0.2, 0.25) is 5.95 Å². The van der Waals surface area contributed by atoms with Crippen LogP contribution >= 0.6 is 0 Å². The molecule has 1 aliphatic rings. The Labute approximate surface area is 261 Å². The van der Waals surface area contributed by atoms with Gasteiger partial charge in [0, 0.05) is 13.3 Å². The van der Waals surface area contributed by atoms with Crippen LogP contribution in [-0.4, -0.2) is 60.7 Å². The van der Waals surface area contributed by atoms with E-state index < -0.39 is 34.8 Å². The number of rotatable bonds is 9. The minimum Gasteiger partial charge on any atom is -0.460 e. The van der Waals surface area contributed by atoms with Gasteiger partial charge in [0.15, 0.2) is 5.65 Å². The van der Waals surface area contributed by atoms with Crippen LogP contribution in [0.25, 0.3) is 17.2 Å². The smallest absolute Gasteiger partial charge is 0.302 e. The van der Waals surface area contributed by atoms with E-state index in [-0.39, 0.29) is 23.6 Å². The van der Waals surface area contributed by atoms with Crippen LogP contribution in [0.2, 0.25) is 24.7 Å². The van der Waals surface area contributed by atoms with Crippen LogP contribution in [0.5, 0.6) is 0 Å². The van der Waals surface area contributed by atoms with Gasteiger partial charge in [0.1, 0.15) is 24.0 Å². The highest BCUT2D eigenvalue weighted by atomic mass is 28.4. The number of aromatic nitrogens is 4. The van der Waals surface area contributed by atoms with Crippen molar-refractivity contribution in [2.75, 3.05) is 12.3 Å². The summed E-state index contributed by atoms with van der Waals surface area (Å²) in [6.45, 7) is 15.1. The van der Waals surface area contributed by atoms with E-state index in [0.29, 0.717) is 23.3 Å². The second-order valence-electron chi connectivity index (χ2n) is 13.5. The Hall–Kier alpha value is -3.65. The topological polar surface area (TPSA) is 114 Å². The standard InChI is InChI=1S/C33H43N5O4Si2/c1-23(39)41-27-20-29(38-22-35-30-26(18-19-43(5,6)7)36-32(34)37-31(30)38)42-28(27)21-40-44(33(2,3)4,24-14-10-8-11-15-24)25-16-12-9-13-17-25/h8-19,22,27-29H,20-21H2,1-7H3,(H2,34,36,37)/t27-,28+,29+/m0/s1. The molecule has 3 atom stereocenters. The number of ether oxygens (including phenoxy) is 2. The monoisotopic (exact) mass is 629 g/mol. The van der Waals surface area contributed by atoms with Gasteiger partial charge < -0.3 is 19.6 Å². The summed E-state index contributed by atoms with van der Waals surface area (Å²) in [5, 5.41) is 2.13. The third-order valence-corrected chi connectivity index (χ3v) is 14.1. The lowest BCUT2D eigenvalue weighted by atomic mass is 10.2. The van der Waals surface area contributed by atoms with E-state index in [1.54, 1.807) is 6.33 Å². The first-order chi connectivity index (χ1) is 20.8. The number of imidazole rings is 1. The molecule has 232 valence electrons. The van der Waals surface area contributed by atoms with Crippen molar-refractivity contribution in [1.29, 1.82) is 0 Å². The lowest BCUT2D eigenvalue weighted by Gasteiger charge is -2.43. The van der Waals surface area contributed by atoms with Crippen LogP contribution in [0.3, 0.4) is 0 Å². The molecule has 5 rings (SSSR count). The summed E-state index contributed by atoms with van der Waals surface area (Å²) in [6, 6.07) is 20.9. The molecule has 1 saturated heterocycles. The largest absolute Gasteiger partial charge is 0.460 e. The molecule has 11 heteroatoms. The summed E-state index contributed by atoms with van der Waals surface area (Å²) in [6.07, 6.45) is 2.60. The summed E-state index contributed by atoms with van der Waals surface area (Å²) >= 11 is 0. The molecule has 44 heavy (non-hydrogen) atoms. The molecule has 1 fully saturated rings. The van der Waals surface area contributed by atoms with Crippen LogP contribution < -0.4 is 16.1 Å². The molecule has 0 saturated carbocycles. The van der Waals surface area contributed by atoms with Crippen molar-refractivity contribution >= 4 is 55.9 Å². The second kappa shape index (κ2) is 12.4. The molecule has 0 bridgehead atoms. The molecule has 4 aromatic rings. The quantitative estimate of drug-likeness (QED) is 0.201. The zero-order valence-electron chi connectivity index (χ0n) is 26.7. The Bertz CT molecular complexity index is 1590. The number of hydrogen-bond donors (Lipinski definition) is 1. The van der Waals surface area contributed by atoms with Crippen molar-refractivity contribution in [3.05, 3.63) is 78.4 Å². The third kappa shape index (κ3) is 6.56. The SMILES string of the molecule is CC(=O)O[C@H]1C[C@H](n2cnc3c(C=C[Si](C)(C)C)nc(N)nc32)O[C@@H]1CO[Si](c1ccccc1)(c1ccccc1)C(C)(C)C. The maximum atomic E-state index is 12.2. The highest BCUT2D eigenvalue weighted by molar-refractivity contribution is 6.99. The van der Waals surface area contributed by atoms with E-state index in [1.165, 1.54) is 17.3 Å². The Balaban J connectivity index is 1.50. The highest BCUT2D eigenvalue weighted by Gasteiger charge is 2.51. The summed E-state index contributed by atoms with van der Waals surface area (Å²) in [4.78, 5) is 25.9. The second-order valence-corrected chi connectivity index (χ2v) is 22.8. The average molecular weight is 630 g/mol. The molecule has 0 aliphatic carbocycles. The molecule has 2 N–H and O–H groups in total. The fraction of sp³-hybridized carbons (Fsp3) is 0.394. The summed E-state index contributed by atoms with van der Waals surface area (Å²) in [5.41, 5.74) is 10.2. The predicted molar refractivity (Wildman–Crippen MR) is 180 cm³/mol. The number of esters is 1.